The summed E-state index contributed by atoms with van der Waals surface area (Å²) in [5.74, 6) is 0.668. The lowest BCUT2D eigenvalue weighted by atomic mass is 10.0. The van der Waals surface area contributed by atoms with Gasteiger partial charge in [-0.05, 0) is 50.6 Å². The molecule has 128 valence electrons. The third-order valence-corrected chi connectivity index (χ3v) is 5.07. The van der Waals surface area contributed by atoms with Gasteiger partial charge in [-0.3, -0.25) is 9.69 Å². The van der Waals surface area contributed by atoms with Crippen LogP contribution in [-0.4, -0.2) is 18.0 Å². The Balaban J connectivity index is 1.73. The number of hydrogen-bond acceptors (Lipinski definition) is 3. The second-order valence-corrected chi connectivity index (χ2v) is 6.92. The van der Waals surface area contributed by atoms with Gasteiger partial charge in [-0.1, -0.05) is 42.8 Å². The van der Waals surface area contributed by atoms with Crippen LogP contribution in [0.4, 0.5) is 0 Å². The van der Waals surface area contributed by atoms with E-state index in [2.05, 4.69) is 11.0 Å². The molecule has 0 radical (unpaired) electrons. The van der Waals surface area contributed by atoms with Crippen molar-refractivity contribution in [3.63, 3.8) is 0 Å². The van der Waals surface area contributed by atoms with Gasteiger partial charge in [0.2, 0.25) is 0 Å². The maximum Gasteiger partial charge on any atom is 0.196 e. The van der Waals surface area contributed by atoms with E-state index in [4.69, 9.17) is 4.42 Å². The molecule has 3 aromatic rings. The molecule has 1 aliphatic rings. The van der Waals surface area contributed by atoms with Crippen LogP contribution >= 0.6 is 0 Å². The second-order valence-electron chi connectivity index (χ2n) is 6.92. The van der Waals surface area contributed by atoms with Gasteiger partial charge < -0.3 is 4.42 Å². The minimum absolute atomic E-state index is 0.0700. The molecule has 0 atom stereocenters. The number of rotatable bonds is 3. The van der Waals surface area contributed by atoms with Crippen molar-refractivity contribution in [1.82, 2.24) is 4.90 Å². The Morgan fingerprint density at radius 2 is 1.76 bits per heavy atom. The topological polar surface area (TPSA) is 33.5 Å². The van der Waals surface area contributed by atoms with Crippen LogP contribution < -0.4 is 5.43 Å². The van der Waals surface area contributed by atoms with E-state index < -0.39 is 0 Å². The van der Waals surface area contributed by atoms with Crippen molar-refractivity contribution >= 4 is 11.0 Å². The Kier molecular flexibility index (Phi) is 4.41. The van der Waals surface area contributed by atoms with Crippen molar-refractivity contribution in [2.75, 3.05) is 13.1 Å². The fraction of sp³-hybridized carbons (Fsp3) is 0.318. The van der Waals surface area contributed by atoms with Crippen LogP contribution in [0.25, 0.3) is 22.3 Å². The highest BCUT2D eigenvalue weighted by Gasteiger charge is 2.15. The summed E-state index contributed by atoms with van der Waals surface area (Å²) < 4.78 is 6.09. The molecule has 3 nitrogen and oxygen atoms in total. The van der Waals surface area contributed by atoms with E-state index >= 15 is 0 Å². The van der Waals surface area contributed by atoms with E-state index in [1.807, 2.05) is 49.4 Å². The normalized spacial score (nSPS) is 15.6. The highest BCUT2D eigenvalue weighted by Crippen LogP contribution is 2.26. The molecule has 4 rings (SSSR count). The van der Waals surface area contributed by atoms with Gasteiger partial charge in [-0.25, -0.2) is 0 Å². The number of piperidine rings is 1. The molecule has 0 N–H and O–H groups in total. The Labute approximate surface area is 147 Å². The van der Waals surface area contributed by atoms with Crippen molar-refractivity contribution in [2.45, 2.75) is 32.7 Å². The van der Waals surface area contributed by atoms with Crippen LogP contribution in [0.5, 0.6) is 0 Å². The molecule has 2 heterocycles. The molecule has 0 aliphatic carbocycles. The molecular formula is C22H23NO2. The number of likely N-dealkylation sites (tertiary alicyclic amines) is 1. The van der Waals surface area contributed by atoms with Gasteiger partial charge in [-0.2, -0.15) is 0 Å². The largest absolute Gasteiger partial charge is 0.456 e. The summed E-state index contributed by atoms with van der Waals surface area (Å²) in [7, 11) is 0. The fourth-order valence-electron chi connectivity index (χ4n) is 3.67. The van der Waals surface area contributed by atoms with Crippen molar-refractivity contribution in [3.05, 3.63) is 69.9 Å². The van der Waals surface area contributed by atoms with Gasteiger partial charge in [0, 0.05) is 17.7 Å². The van der Waals surface area contributed by atoms with Crippen LogP contribution in [0.2, 0.25) is 0 Å². The summed E-state index contributed by atoms with van der Waals surface area (Å²) in [6, 6.07) is 15.9. The van der Waals surface area contributed by atoms with Crippen LogP contribution in [0.3, 0.4) is 0 Å². The average Bonchev–Trinajstić information content (AvgIpc) is 2.66. The van der Waals surface area contributed by atoms with Gasteiger partial charge in [-0.15, -0.1) is 0 Å². The molecule has 1 fully saturated rings. The zero-order valence-corrected chi connectivity index (χ0v) is 14.6. The number of fused-ring (bicyclic) bond motifs is 1. The zero-order chi connectivity index (χ0) is 17.2. The van der Waals surface area contributed by atoms with E-state index in [0.717, 1.165) is 25.2 Å². The monoisotopic (exact) mass is 333 g/mol. The lowest BCUT2D eigenvalue weighted by Crippen LogP contribution is -2.29. The first-order chi connectivity index (χ1) is 12.2. The van der Waals surface area contributed by atoms with Gasteiger partial charge >= 0.3 is 0 Å². The molecular weight excluding hydrogens is 310 g/mol. The molecule has 25 heavy (non-hydrogen) atoms. The van der Waals surface area contributed by atoms with E-state index in [1.165, 1.54) is 24.8 Å². The van der Waals surface area contributed by atoms with Gasteiger partial charge in [0.15, 0.2) is 5.43 Å². The average molecular weight is 333 g/mol. The van der Waals surface area contributed by atoms with Gasteiger partial charge in [0.05, 0.1) is 5.39 Å². The Morgan fingerprint density at radius 1 is 1.00 bits per heavy atom. The quantitative estimate of drug-likeness (QED) is 0.693. The predicted molar refractivity (Wildman–Crippen MR) is 102 cm³/mol. The van der Waals surface area contributed by atoms with Crippen LogP contribution in [0, 0.1) is 6.92 Å². The zero-order valence-electron chi connectivity index (χ0n) is 14.6. The Morgan fingerprint density at radius 3 is 2.52 bits per heavy atom. The highest BCUT2D eigenvalue weighted by atomic mass is 16.3. The molecule has 2 aromatic carbocycles. The molecule has 1 saturated heterocycles. The summed E-state index contributed by atoms with van der Waals surface area (Å²) in [4.78, 5) is 15.4. The smallest absolute Gasteiger partial charge is 0.196 e. The molecule has 0 bridgehead atoms. The van der Waals surface area contributed by atoms with Crippen molar-refractivity contribution in [2.24, 2.45) is 0 Å². The standard InChI is InChI=1S/C22H23NO2/c1-16-21(24)19-14-17(15-23-12-6-3-7-13-23)10-11-20(19)25-22(16)18-8-4-2-5-9-18/h2,4-5,8-11,14H,3,6-7,12-13,15H2,1H3. The minimum atomic E-state index is 0.0700. The Hall–Kier alpha value is -2.39. The van der Waals surface area contributed by atoms with E-state index in [-0.39, 0.29) is 5.43 Å². The summed E-state index contributed by atoms with van der Waals surface area (Å²) in [5, 5.41) is 0.687. The summed E-state index contributed by atoms with van der Waals surface area (Å²) in [6.07, 6.45) is 3.88. The molecule has 1 aromatic heterocycles. The predicted octanol–water partition coefficient (Wildman–Crippen LogP) is 4.75. The van der Waals surface area contributed by atoms with Crippen LogP contribution in [0.1, 0.15) is 30.4 Å². The fourth-order valence-corrected chi connectivity index (χ4v) is 3.67. The van der Waals surface area contributed by atoms with Crippen LogP contribution in [0.15, 0.2) is 57.7 Å². The van der Waals surface area contributed by atoms with E-state index in [9.17, 15) is 4.79 Å². The van der Waals surface area contributed by atoms with Crippen molar-refractivity contribution < 1.29 is 4.42 Å². The molecule has 0 saturated carbocycles. The van der Waals surface area contributed by atoms with E-state index in [0.29, 0.717) is 22.3 Å². The summed E-state index contributed by atoms with van der Waals surface area (Å²) >= 11 is 0. The number of benzene rings is 2. The summed E-state index contributed by atoms with van der Waals surface area (Å²) in [5.41, 5.74) is 3.54. The van der Waals surface area contributed by atoms with Crippen molar-refractivity contribution in [1.29, 1.82) is 0 Å². The SMILES string of the molecule is Cc1c(-c2ccccc2)oc2ccc(CN3CCCCC3)cc2c1=O. The maximum absolute atomic E-state index is 12.9. The maximum atomic E-state index is 12.9. The second kappa shape index (κ2) is 6.85. The highest BCUT2D eigenvalue weighted by molar-refractivity contribution is 5.81. The van der Waals surface area contributed by atoms with E-state index in [1.54, 1.807) is 0 Å². The summed E-state index contributed by atoms with van der Waals surface area (Å²) in [6.45, 7) is 5.07. The molecule has 0 amide bonds. The first kappa shape index (κ1) is 16.1. The Bertz CT molecular complexity index is 937. The minimum Gasteiger partial charge on any atom is -0.456 e. The molecule has 3 heteroatoms. The van der Waals surface area contributed by atoms with Gasteiger partial charge in [0.1, 0.15) is 11.3 Å². The number of nitrogens with zero attached hydrogens (tertiary/aromatic N) is 1. The third kappa shape index (κ3) is 3.24. The lowest BCUT2D eigenvalue weighted by Gasteiger charge is -2.26. The molecule has 0 unspecified atom stereocenters. The molecule has 1 aliphatic heterocycles. The molecule has 0 spiro atoms. The van der Waals surface area contributed by atoms with Crippen molar-refractivity contribution in [3.8, 4) is 11.3 Å². The first-order valence-electron chi connectivity index (χ1n) is 9.06. The number of hydrogen-bond donors (Lipinski definition) is 0. The van der Waals surface area contributed by atoms with Crippen LogP contribution in [-0.2, 0) is 6.54 Å². The third-order valence-electron chi connectivity index (χ3n) is 5.07. The van der Waals surface area contributed by atoms with Gasteiger partial charge in [0.25, 0.3) is 0 Å². The lowest BCUT2D eigenvalue weighted by molar-refractivity contribution is 0.221. The first-order valence-corrected chi connectivity index (χ1v) is 9.06.